The van der Waals surface area contributed by atoms with E-state index in [-0.39, 0.29) is 6.10 Å². The molecule has 0 amide bonds. The molecule has 0 fully saturated rings. The molecule has 4 nitrogen and oxygen atoms in total. The fraction of sp³-hybridized carbons (Fsp3) is 0.267. The lowest BCUT2D eigenvalue weighted by atomic mass is 9.95. The first-order chi connectivity index (χ1) is 9.28. The number of methoxy groups -OCH3 is 1. The van der Waals surface area contributed by atoms with E-state index in [1.54, 1.807) is 19.5 Å². The van der Waals surface area contributed by atoms with Crippen molar-refractivity contribution in [3.05, 3.63) is 53.9 Å². The van der Waals surface area contributed by atoms with E-state index < -0.39 is 6.10 Å². The highest BCUT2D eigenvalue weighted by Gasteiger charge is 2.28. The number of benzene rings is 1. The molecule has 98 valence electrons. The number of aromatic nitrogens is 1. The largest absolute Gasteiger partial charge is 0.497 e. The zero-order valence-corrected chi connectivity index (χ0v) is 10.6. The van der Waals surface area contributed by atoms with Crippen molar-refractivity contribution in [1.82, 2.24) is 4.98 Å². The lowest BCUT2D eigenvalue weighted by Gasteiger charge is -2.30. The van der Waals surface area contributed by atoms with E-state index in [9.17, 15) is 5.11 Å². The van der Waals surface area contributed by atoms with E-state index in [1.807, 2.05) is 30.3 Å². The van der Waals surface area contributed by atoms with Gasteiger partial charge in [-0.05, 0) is 24.3 Å². The van der Waals surface area contributed by atoms with Crippen LogP contribution in [-0.2, 0) is 0 Å². The second kappa shape index (κ2) is 4.90. The van der Waals surface area contributed by atoms with Crippen LogP contribution < -0.4 is 9.47 Å². The van der Waals surface area contributed by atoms with Gasteiger partial charge in [-0.15, -0.1) is 0 Å². The van der Waals surface area contributed by atoms with Gasteiger partial charge >= 0.3 is 0 Å². The van der Waals surface area contributed by atoms with Gasteiger partial charge in [-0.2, -0.15) is 0 Å². The third-order valence-corrected chi connectivity index (χ3v) is 3.34. The molecular formula is C15H15NO3. The summed E-state index contributed by atoms with van der Waals surface area (Å²) in [5.41, 5.74) is 1.75. The quantitative estimate of drug-likeness (QED) is 0.898. The van der Waals surface area contributed by atoms with E-state index in [0.717, 1.165) is 16.9 Å². The lowest BCUT2D eigenvalue weighted by molar-refractivity contribution is 0.0653. The van der Waals surface area contributed by atoms with E-state index in [1.165, 1.54) is 0 Å². The zero-order valence-electron chi connectivity index (χ0n) is 10.6. The molecule has 1 aliphatic rings. The number of pyridine rings is 1. The van der Waals surface area contributed by atoms with Crippen LogP contribution in [0.2, 0.25) is 0 Å². The summed E-state index contributed by atoms with van der Waals surface area (Å²) >= 11 is 0. The molecule has 0 saturated heterocycles. The maximum atomic E-state index is 10.3. The molecule has 1 aromatic heterocycles. The average molecular weight is 257 g/mol. The summed E-state index contributed by atoms with van der Waals surface area (Å²) in [7, 11) is 1.61. The number of rotatable bonds is 2. The SMILES string of the molecule is COc1ccc2c(c1)C(O)CC(c1cccnc1)O2. The molecule has 0 radical (unpaired) electrons. The summed E-state index contributed by atoms with van der Waals surface area (Å²) in [6, 6.07) is 9.31. The third-order valence-electron chi connectivity index (χ3n) is 3.34. The first-order valence-electron chi connectivity index (χ1n) is 6.20. The predicted octanol–water partition coefficient (Wildman–Crippen LogP) is 2.65. The van der Waals surface area contributed by atoms with Crippen molar-refractivity contribution in [3.63, 3.8) is 0 Å². The molecule has 19 heavy (non-hydrogen) atoms. The molecule has 0 spiro atoms. The fourth-order valence-electron chi connectivity index (χ4n) is 2.32. The number of hydrogen-bond donors (Lipinski definition) is 1. The Bertz CT molecular complexity index is 571. The van der Waals surface area contributed by atoms with Crippen LogP contribution in [0.5, 0.6) is 11.5 Å². The van der Waals surface area contributed by atoms with Gasteiger partial charge in [-0.25, -0.2) is 0 Å². The predicted molar refractivity (Wildman–Crippen MR) is 70.2 cm³/mol. The minimum absolute atomic E-state index is 0.162. The van der Waals surface area contributed by atoms with Crippen LogP contribution in [0, 0.1) is 0 Å². The van der Waals surface area contributed by atoms with Crippen LogP contribution in [-0.4, -0.2) is 17.2 Å². The van der Waals surface area contributed by atoms with Gasteiger partial charge in [0.1, 0.15) is 17.6 Å². The molecule has 2 aromatic rings. The Morgan fingerprint density at radius 3 is 3.00 bits per heavy atom. The van der Waals surface area contributed by atoms with Gasteiger partial charge in [-0.1, -0.05) is 6.07 Å². The Labute approximate surface area is 111 Å². The molecule has 2 unspecified atom stereocenters. The maximum absolute atomic E-state index is 10.3. The Balaban J connectivity index is 1.92. The number of hydrogen-bond acceptors (Lipinski definition) is 4. The summed E-state index contributed by atoms with van der Waals surface area (Å²) < 4.78 is 11.1. The van der Waals surface area contributed by atoms with E-state index >= 15 is 0 Å². The lowest BCUT2D eigenvalue weighted by Crippen LogP contribution is -2.19. The smallest absolute Gasteiger partial charge is 0.128 e. The molecule has 3 rings (SSSR count). The van der Waals surface area contributed by atoms with Gasteiger partial charge in [0.25, 0.3) is 0 Å². The van der Waals surface area contributed by atoms with Crippen LogP contribution in [0.1, 0.15) is 29.8 Å². The van der Waals surface area contributed by atoms with Crippen molar-refractivity contribution in [2.45, 2.75) is 18.6 Å². The number of fused-ring (bicyclic) bond motifs is 1. The summed E-state index contributed by atoms with van der Waals surface area (Å²) in [6.07, 6.45) is 3.30. The Hall–Kier alpha value is -2.07. The molecule has 1 aliphatic heterocycles. The molecule has 4 heteroatoms. The van der Waals surface area contributed by atoms with Gasteiger partial charge in [0, 0.05) is 29.9 Å². The monoisotopic (exact) mass is 257 g/mol. The molecule has 0 aliphatic carbocycles. The Morgan fingerprint density at radius 1 is 1.37 bits per heavy atom. The summed E-state index contributed by atoms with van der Waals surface area (Å²) in [4.78, 5) is 4.09. The third kappa shape index (κ3) is 2.27. The van der Waals surface area contributed by atoms with Crippen LogP contribution in [0.25, 0.3) is 0 Å². The first kappa shape index (κ1) is 12.0. The van der Waals surface area contributed by atoms with Crippen LogP contribution in [0.15, 0.2) is 42.7 Å². The number of aliphatic hydroxyl groups is 1. The van der Waals surface area contributed by atoms with Gasteiger partial charge < -0.3 is 14.6 Å². The van der Waals surface area contributed by atoms with E-state index in [0.29, 0.717) is 12.2 Å². The highest BCUT2D eigenvalue weighted by atomic mass is 16.5. The number of ether oxygens (including phenoxy) is 2. The van der Waals surface area contributed by atoms with Gasteiger partial charge in [0.05, 0.1) is 13.2 Å². The van der Waals surface area contributed by atoms with Crippen LogP contribution >= 0.6 is 0 Å². The summed E-state index contributed by atoms with van der Waals surface area (Å²) in [6.45, 7) is 0. The standard InChI is InChI=1S/C15H15NO3/c1-18-11-4-5-14-12(7-11)13(17)8-15(19-14)10-3-2-6-16-9-10/h2-7,9,13,15,17H,8H2,1H3. The highest BCUT2D eigenvalue weighted by Crippen LogP contribution is 2.41. The van der Waals surface area contributed by atoms with Crippen molar-refractivity contribution in [1.29, 1.82) is 0 Å². The van der Waals surface area contributed by atoms with E-state index in [2.05, 4.69) is 4.98 Å². The normalized spacial score (nSPS) is 21.4. The number of nitrogens with zero attached hydrogens (tertiary/aromatic N) is 1. The minimum atomic E-state index is -0.552. The zero-order chi connectivity index (χ0) is 13.2. The van der Waals surface area contributed by atoms with Gasteiger partial charge in [0.2, 0.25) is 0 Å². The van der Waals surface area contributed by atoms with Gasteiger partial charge in [-0.3, -0.25) is 4.98 Å². The Morgan fingerprint density at radius 2 is 2.26 bits per heavy atom. The van der Waals surface area contributed by atoms with Gasteiger partial charge in [0.15, 0.2) is 0 Å². The molecule has 0 saturated carbocycles. The molecule has 1 aromatic carbocycles. The second-order valence-electron chi connectivity index (χ2n) is 4.55. The second-order valence-corrected chi connectivity index (χ2v) is 4.55. The molecular weight excluding hydrogens is 242 g/mol. The Kier molecular flexibility index (Phi) is 3.09. The minimum Gasteiger partial charge on any atom is -0.497 e. The van der Waals surface area contributed by atoms with Crippen LogP contribution in [0.4, 0.5) is 0 Å². The average Bonchev–Trinajstić information content (AvgIpc) is 2.48. The van der Waals surface area contributed by atoms with Crippen molar-refractivity contribution < 1.29 is 14.6 Å². The van der Waals surface area contributed by atoms with Crippen molar-refractivity contribution >= 4 is 0 Å². The number of aliphatic hydroxyl groups excluding tert-OH is 1. The summed E-state index contributed by atoms with van der Waals surface area (Å²) in [5, 5.41) is 10.3. The van der Waals surface area contributed by atoms with Crippen molar-refractivity contribution in [2.24, 2.45) is 0 Å². The highest BCUT2D eigenvalue weighted by molar-refractivity contribution is 5.43. The topological polar surface area (TPSA) is 51.6 Å². The van der Waals surface area contributed by atoms with Crippen LogP contribution in [0.3, 0.4) is 0 Å². The van der Waals surface area contributed by atoms with E-state index in [4.69, 9.17) is 9.47 Å². The maximum Gasteiger partial charge on any atom is 0.128 e. The van der Waals surface area contributed by atoms with Crippen molar-refractivity contribution in [3.8, 4) is 11.5 Å². The van der Waals surface area contributed by atoms with Crippen molar-refractivity contribution in [2.75, 3.05) is 7.11 Å². The molecule has 0 bridgehead atoms. The first-order valence-corrected chi connectivity index (χ1v) is 6.20. The molecule has 2 heterocycles. The molecule has 2 atom stereocenters. The summed E-state index contributed by atoms with van der Waals surface area (Å²) in [5.74, 6) is 1.43. The fourth-order valence-corrected chi connectivity index (χ4v) is 2.32. The molecule has 1 N–H and O–H groups in total.